The van der Waals surface area contributed by atoms with Gasteiger partial charge in [-0.1, -0.05) is 6.92 Å². The average Bonchev–Trinajstić information content (AvgIpc) is 3.17. The molecule has 0 radical (unpaired) electrons. The summed E-state index contributed by atoms with van der Waals surface area (Å²) in [5, 5.41) is 7.49. The molecule has 0 unspecified atom stereocenters. The Morgan fingerprint density at radius 1 is 1.06 bits per heavy atom. The Labute approximate surface area is 194 Å². The Morgan fingerprint density at radius 2 is 1.82 bits per heavy atom. The number of ether oxygens (including phenoxy) is 2. The third kappa shape index (κ3) is 5.05. The second-order valence-corrected chi connectivity index (χ2v) is 8.33. The molecule has 8 nitrogen and oxygen atoms in total. The molecule has 8 heteroatoms. The molecule has 1 aliphatic rings. The number of hydrogen-bond acceptors (Lipinski definition) is 6. The zero-order valence-corrected chi connectivity index (χ0v) is 19.7. The first kappa shape index (κ1) is 22.9. The smallest absolute Gasteiger partial charge is 0.251 e. The zero-order valence-electron chi connectivity index (χ0n) is 19.7. The van der Waals surface area contributed by atoms with Crippen LogP contribution in [0.3, 0.4) is 0 Å². The van der Waals surface area contributed by atoms with Crippen LogP contribution in [0.25, 0.3) is 10.9 Å². The lowest BCUT2D eigenvalue weighted by atomic mass is 9.95. The van der Waals surface area contributed by atoms with E-state index in [0.29, 0.717) is 24.3 Å². The van der Waals surface area contributed by atoms with Gasteiger partial charge in [-0.05, 0) is 62.3 Å². The van der Waals surface area contributed by atoms with Crippen molar-refractivity contribution in [3.8, 4) is 11.8 Å². The maximum Gasteiger partial charge on any atom is 0.251 e. The first-order chi connectivity index (χ1) is 16.1. The number of hydrogen-bond donors (Lipinski definition) is 2. The Kier molecular flexibility index (Phi) is 7.32. The molecule has 0 atom stereocenters. The van der Waals surface area contributed by atoms with Gasteiger partial charge in [-0.3, -0.25) is 4.79 Å². The van der Waals surface area contributed by atoms with Gasteiger partial charge in [-0.25, -0.2) is 0 Å². The van der Waals surface area contributed by atoms with E-state index < -0.39 is 0 Å². The van der Waals surface area contributed by atoms with Crippen molar-refractivity contribution in [2.45, 2.75) is 52.0 Å². The van der Waals surface area contributed by atoms with Crippen molar-refractivity contribution in [3.63, 3.8) is 0 Å². The summed E-state index contributed by atoms with van der Waals surface area (Å²) in [5.41, 5.74) is 4.79. The molecule has 0 saturated carbocycles. The SMILES string of the molecule is CCCNC(=O)c1ccc2c(c1)c1c(n2CCCNc2nc(OC)cc(OC)n2)CCCC1. The Hall–Kier alpha value is -3.29. The van der Waals surface area contributed by atoms with Crippen LogP contribution in [0.1, 0.15) is 54.2 Å². The number of rotatable bonds is 10. The van der Waals surface area contributed by atoms with Gasteiger partial charge >= 0.3 is 0 Å². The minimum Gasteiger partial charge on any atom is -0.481 e. The summed E-state index contributed by atoms with van der Waals surface area (Å²) in [6.45, 7) is 4.38. The van der Waals surface area contributed by atoms with E-state index in [0.717, 1.165) is 44.3 Å². The van der Waals surface area contributed by atoms with E-state index in [1.807, 2.05) is 6.07 Å². The van der Waals surface area contributed by atoms with Crippen LogP contribution in [0.2, 0.25) is 0 Å². The molecule has 0 spiro atoms. The van der Waals surface area contributed by atoms with Crippen molar-refractivity contribution in [1.29, 1.82) is 0 Å². The quantitative estimate of drug-likeness (QED) is 0.454. The van der Waals surface area contributed by atoms with E-state index in [1.54, 1.807) is 20.3 Å². The summed E-state index contributed by atoms with van der Waals surface area (Å²) in [4.78, 5) is 21.2. The molecular formula is C25H33N5O3. The van der Waals surface area contributed by atoms with Crippen LogP contribution >= 0.6 is 0 Å². The van der Waals surface area contributed by atoms with Crippen molar-refractivity contribution in [2.75, 3.05) is 32.6 Å². The Bertz CT molecular complexity index is 1100. The number of amides is 1. The molecule has 0 fully saturated rings. The number of anilines is 1. The summed E-state index contributed by atoms with van der Waals surface area (Å²) in [6, 6.07) is 7.79. The van der Waals surface area contributed by atoms with Crippen LogP contribution in [-0.2, 0) is 19.4 Å². The molecule has 1 amide bonds. The number of nitrogens with zero attached hydrogens (tertiary/aromatic N) is 3. The molecule has 0 aliphatic heterocycles. The number of benzene rings is 1. The van der Waals surface area contributed by atoms with Crippen LogP contribution < -0.4 is 20.1 Å². The third-order valence-electron chi connectivity index (χ3n) is 6.11. The Balaban J connectivity index is 1.50. The van der Waals surface area contributed by atoms with E-state index in [9.17, 15) is 4.79 Å². The predicted molar refractivity (Wildman–Crippen MR) is 129 cm³/mol. The number of nitrogens with one attached hydrogen (secondary N) is 2. The topological polar surface area (TPSA) is 90.3 Å². The van der Waals surface area contributed by atoms with Gasteiger partial charge < -0.3 is 24.7 Å². The van der Waals surface area contributed by atoms with Gasteiger partial charge in [-0.15, -0.1) is 0 Å². The van der Waals surface area contributed by atoms with Crippen LogP contribution in [-0.4, -0.2) is 47.8 Å². The highest BCUT2D eigenvalue weighted by Gasteiger charge is 2.21. The summed E-state index contributed by atoms with van der Waals surface area (Å²) >= 11 is 0. The van der Waals surface area contributed by atoms with Gasteiger partial charge in [0.05, 0.1) is 20.3 Å². The molecule has 3 aromatic rings. The normalized spacial score (nSPS) is 12.9. The molecule has 1 aromatic carbocycles. The number of aromatic nitrogens is 3. The largest absolute Gasteiger partial charge is 0.481 e. The van der Waals surface area contributed by atoms with Crippen LogP contribution in [0, 0.1) is 0 Å². The highest BCUT2D eigenvalue weighted by Crippen LogP contribution is 2.33. The zero-order chi connectivity index (χ0) is 23.2. The molecule has 2 heterocycles. The molecule has 0 bridgehead atoms. The second kappa shape index (κ2) is 10.6. The van der Waals surface area contributed by atoms with Gasteiger partial charge in [-0.2, -0.15) is 9.97 Å². The van der Waals surface area contributed by atoms with Gasteiger partial charge in [0.15, 0.2) is 0 Å². The van der Waals surface area contributed by atoms with Gasteiger partial charge in [0, 0.05) is 41.8 Å². The Morgan fingerprint density at radius 3 is 2.55 bits per heavy atom. The monoisotopic (exact) mass is 451 g/mol. The van der Waals surface area contributed by atoms with Crippen LogP contribution in [0.15, 0.2) is 24.3 Å². The molecular weight excluding hydrogens is 418 g/mol. The van der Waals surface area contributed by atoms with E-state index in [4.69, 9.17) is 9.47 Å². The van der Waals surface area contributed by atoms with Crippen molar-refractivity contribution in [1.82, 2.24) is 19.9 Å². The van der Waals surface area contributed by atoms with Crippen molar-refractivity contribution >= 4 is 22.8 Å². The molecule has 1 aliphatic carbocycles. The lowest BCUT2D eigenvalue weighted by Crippen LogP contribution is -2.23. The molecule has 0 saturated heterocycles. The predicted octanol–water partition coefficient (Wildman–Crippen LogP) is 3.97. The highest BCUT2D eigenvalue weighted by molar-refractivity contribution is 5.99. The summed E-state index contributed by atoms with van der Waals surface area (Å²) in [7, 11) is 3.15. The van der Waals surface area contributed by atoms with Crippen LogP contribution in [0.4, 0.5) is 5.95 Å². The highest BCUT2D eigenvalue weighted by atomic mass is 16.5. The molecule has 2 N–H and O–H groups in total. The molecule has 33 heavy (non-hydrogen) atoms. The van der Waals surface area contributed by atoms with E-state index in [-0.39, 0.29) is 5.91 Å². The number of carbonyl (C=O) groups is 1. The number of aryl methyl sites for hydroxylation is 2. The fraction of sp³-hybridized carbons (Fsp3) is 0.480. The summed E-state index contributed by atoms with van der Waals surface area (Å²) in [6.07, 6.45) is 6.43. The van der Waals surface area contributed by atoms with Crippen molar-refractivity contribution in [2.24, 2.45) is 0 Å². The number of carbonyl (C=O) groups excluding carboxylic acids is 1. The first-order valence-electron chi connectivity index (χ1n) is 11.8. The maximum atomic E-state index is 12.5. The van der Waals surface area contributed by atoms with Gasteiger partial charge in [0.25, 0.3) is 5.91 Å². The lowest BCUT2D eigenvalue weighted by molar-refractivity contribution is 0.0954. The summed E-state index contributed by atoms with van der Waals surface area (Å²) in [5.74, 6) is 1.43. The maximum absolute atomic E-state index is 12.5. The first-order valence-corrected chi connectivity index (χ1v) is 11.8. The molecule has 4 rings (SSSR count). The average molecular weight is 452 g/mol. The van der Waals surface area contributed by atoms with E-state index in [2.05, 4.69) is 44.2 Å². The van der Waals surface area contributed by atoms with Crippen molar-refractivity contribution in [3.05, 3.63) is 41.1 Å². The number of fused-ring (bicyclic) bond motifs is 3. The third-order valence-corrected chi connectivity index (χ3v) is 6.11. The fourth-order valence-corrected chi connectivity index (χ4v) is 4.50. The van der Waals surface area contributed by atoms with Crippen molar-refractivity contribution < 1.29 is 14.3 Å². The minimum absolute atomic E-state index is 0.00831. The molecule has 2 aromatic heterocycles. The van der Waals surface area contributed by atoms with Gasteiger partial charge in [0.2, 0.25) is 17.7 Å². The van der Waals surface area contributed by atoms with Gasteiger partial charge in [0.1, 0.15) is 0 Å². The molecule has 176 valence electrons. The second-order valence-electron chi connectivity index (χ2n) is 8.33. The van der Waals surface area contributed by atoms with Crippen LogP contribution in [0.5, 0.6) is 11.8 Å². The fourth-order valence-electron chi connectivity index (χ4n) is 4.50. The summed E-state index contributed by atoms with van der Waals surface area (Å²) < 4.78 is 12.9. The number of methoxy groups -OCH3 is 2. The van der Waals surface area contributed by atoms with E-state index in [1.165, 1.54) is 35.0 Å². The standard InChI is InChI=1S/C25H33N5O3/c1-4-12-26-24(31)17-10-11-21-19(15-17)18-8-5-6-9-20(18)30(21)14-7-13-27-25-28-22(32-2)16-23(29-25)33-3/h10-11,15-16H,4-9,12-14H2,1-3H3,(H,26,31)(H,27,28,29). The minimum atomic E-state index is 0.00831. The lowest BCUT2D eigenvalue weighted by Gasteiger charge is -2.16. The van der Waals surface area contributed by atoms with E-state index >= 15 is 0 Å².